The van der Waals surface area contributed by atoms with E-state index in [1.807, 2.05) is 0 Å². The van der Waals surface area contributed by atoms with Crippen molar-refractivity contribution < 1.29 is 9.53 Å². The normalized spacial score (nSPS) is 11.9. The summed E-state index contributed by atoms with van der Waals surface area (Å²) in [6.07, 6.45) is 3.36. The van der Waals surface area contributed by atoms with Gasteiger partial charge in [0, 0.05) is 17.4 Å². The molecule has 1 amide bonds. The number of aromatic amines is 1. The van der Waals surface area contributed by atoms with E-state index >= 15 is 0 Å². The van der Waals surface area contributed by atoms with Gasteiger partial charge in [-0.1, -0.05) is 23.4 Å². The fraction of sp³-hybridized carbons (Fsp3) is 0.231. The molecule has 0 fully saturated rings. The summed E-state index contributed by atoms with van der Waals surface area (Å²) >= 11 is 7.27. The van der Waals surface area contributed by atoms with E-state index in [1.165, 1.54) is 11.8 Å². The maximum atomic E-state index is 12.1. The quantitative estimate of drug-likeness (QED) is 0.832. The number of imidazole rings is 1. The van der Waals surface area contributed by atoms with Gasteiger partial charge in [-0.3, -0.25) is 4.79 Å². The van der Waals surface area contributed by atoms with Crippen LogP contribution in [0.4, 0.5) is 5.69 Å². The van der Waals surface area contributed by atoms with Gasteiger partial charge in [-0.2, -0.15) is 0 Å². The summed E-state index contributed by atoms with van der Waals surface area (Å²) in [5.41, 5.74) is 0.553. The number of benzene rings is 1. The van der Waals surface area contributed by atoms with Crippen LogP contribution in [0.2, 0.25) is 5.02 Å². The van der Waals surface area contributed by atoms with Crippen molar-refractivity contribution in [3.63, 3.8) is 0 Å². The number of rotatable bonds is 5. The molecule has 0 aliphatic carbocycles. The van der Waals surface area contributed by atoms with Crippen LogP contribution in [0, 0.1) is 0 Å². The van der Waals surface area contributed by atoms with E-state index in [4.69, 9.17) is 16.3 Å². The fourth-order valence-corrected chi connectivity index (χ4v) is 2.48. The van der Waals surface area contributed by atoms with Crippen LogP contribution >= 0.6 is 23.4 Å². The second-order valence-corrected chi connectivity index (χ2v) is 5.75. The molecule has 0 radical (unpaired) electrons. The average Bonchev–Trinajstić information content (AvgIpc) is 2.91. The predicted octanol–water partition coefficient (Wildman–Crippen LogP) is 3.19. The summed E-state index contributed by atoms with van der Waals surface area (Å²) in [5.74, 6) is 0.421. The van der Waals surface area contributed by atoms with Crippen molar-refractivity contribution in [3.8, 4) is 5.75 Å². The molecule has 2 aromatic rings. The van der Waals surface area contributed by atoms with Crippen LogP contribution in [0.1, 0.15) is 6.92 Å². The first-order valence-corrected chi connectivity index (χ1v) is 7.16. The molecule has 0 aliphatic heterocycles. The molecule has 106 valence electrons. The lowest BCUT2D eigenvalue weighted by Gasteiger charge is -2.13. The van der Waals surface area contributed by atoms with Crippen molar-refractivity contribution in [1.29, 1.82) is 0 Å². The molecule has 1 aromatic heterocycles. The SMILES string of the molecule is COc1ccc(Cl)cc1NC(=O)C(C)Sc1ncc[nH]1. The number of amides is 1. The van der Waals surface area contributed by atoms with Gasteiger partial charge >= 0.3 is 0 Å². The van der Waals surface area contributed by atoms with E-state index in [1.54, 1.807) is 44.6 Å². The first-order chi connectivity index (χ1) is 9.60. The number of H-pyrrole nitrogens is 1. The maximum Gasteiger partial charge on any atom is 0.237 e. The van der Waals surface area contributed by atoms with Gasteiger partial charge in [0.1, 0.15) is 5.75 Å². The number of ether oxygens (including phenoxy) is 1. The lowest BCUT2D eigenvalue weighted by atomic mass is 10.3. The van der Waals surface area contributed by atoms with Crippen molar-refractivity contribution in [2.45, 2.75) is 17.3 Å². The van der Waals surface area contributed by atoms with Gasteiger partial charge < -0.3 is 15.0 Å². The van der Waals surface area contributed by atoms with Gasteiger partial charge in [-0.15, -0.1) is 0 Å². The summed E-state index contributed by atoms with van der Waals surface area (Å²) in [5, 5.41) is 3.74. The molecule has 1 aromatic carbocycles. The predicted molar refractivity (Wildman–Crippen MR) is 80.5 cm³/mol. The van der Waals surface area contributed by atoms with Gasteiger partial charge in [0.2, 0.25) is 5.91 Å². The van der Waals surface area contributed by atoms with E-state index in [0.29, 0.717) is 21.6 Å². The Morgan fingerprint density at radius 1 is 1.55 bits per heavy atom. The summed E-state index contributed by atoms with van der Waals surface area (Å²) in [6, 6.07) is 5.07. The number of carbonyl (C=O) groups excluding carboxylic acids is 1. The molecular weight excluding hydrogens is 298 g/mol. The average molecular weight is 312 g/mol. The number of halogens is 1. The molecule has 2 N–H and O–H groups in total. The van der Waals surface area contributed by atoms with Gasteiger partial charge in [-0.25, -0.2) is 4.98 Å². The maximum absolute atomic E-state index is 12.1. The third-order valence-corrected chi connectivity index (χ3v) is 3.80. The van der Waals surface area contributed by atoms with E-state index < -0.39 is 0 Å². The molecule has 2 rings (SSSR count). The number of aromatic nitrogens is 2. The molecular formula is C13H14ClN3O2S. The Labute approximate surface area is 126 Å². The summed E-state index contributed by atoms with van der Waals surface area (Å²) in [6.45, 7) is 1.81. The minimum Gasteiger partial charge on any atom is -0.495 e. The zero-order valence-electron chi connectivity index (χ0n) is 11.0. The second kappa shape index (κ2) is 6.67. The smallest absolute Gasteiger partial charge is 0.237 e. The van der Waals surface area contributed by atoms with Gasteiger partial charge in [0.15, 0.2) is 5.16 Å². The molecule has 0 aliphatic rings. The van der Waals surface area contributed by atoms with Gasteiger partial charge in [-0.05, 0) is 25.1 Å². The number of nitrogens with one attached hydrogen (secondary N) is 2. The molecule has 0 bridgehead atoms. The second-order valence-electron chi connectivity index (χ2n) is 3.99. The fourth-order valence-electron chi connectivity index (χ4n) is 1.55. The van der Waals surface area contributed by atoms with E-state index in [-0.39, 0.29) is 11.2 Å². The Hall–Kier alpha value is -1.66. The highest BCUT2D eigenvalue weighted by atomic mass is 35.5. The number of hydrogen-bond acceptors (Lipinski definition) is 4. The topological polar surface area (TPSA) is 67.0 Å². The van der Waals surface area contributed by atoms with Crippen LogP contribution in [0.25, 0.3) is 0 Å². The standard InChI is InChI=1S/C13H14ClN3O2S/c1-8(20-13-15-5-6-16-13)12(18)17-10-7-9(14)3-4-11(10)19-2/h3-8H,1-2H3,(H,15,16)(H,17,18). The van der Waals surface area contributed by atoms with E-state index in [2.05, 4.69) is 15.3 Å². The van der Waals surface area contributed by atoms with Crippen molar-refractivity contribution in [1.82, 2.24) is 9.97 Å². The van der Waals surface area contributed by atoms with Gasteiger partial charge in [0.05, 0.1) is 18.0 Å². The van der Waals surface area contributed by atoms with Crippen LogP contribution in [0.5, 0.6) is 5.75 Å². The van der Waals surface area contributed by atoms with Crippen LogP contribution < -0.4 is 10.1 Å². The van der Waals surface area contributed by atoms with Crippen molar-refractivity contribution in [2.75, 3.05) is 12.4 Å². The monoisotopic (exact) mass is 311 g/mol. The third-order valence-electron chi connectivity index (χ3n) is 2.55. The highest BCUT2D eigenvalue weighted by molar-refractivity contribution is 8.00. The molecule has 0 saturated heterocycles. The lowest BCUT2D eigenvalue weighted by Crippen LogP contribution is -2.22. The number of hydrogen-bond donors (Lipinski definition) is 2. The molecule has 0 spiro atoms. The number of methoxy groups -OCH3 is 1. The number of nitrogens with zero attached hydrogens (tertiary/aromatic N) is 1. The van der Waals surface area contributed by atoms with Gasteiger partial charge in [0.25, 0.3) is 0 Å². The minimum absolute atomic E-state index is 0.146. The summed E-state index contributed by atoms with van der Waals surface area (Å²) in [4.78, 5) is 19.2. The Morgan fingerprint density at radius 2 is 2.35 bits per heavy atom. The van der Waals surface area contributed by atoms with Crippen molar-refractivity contribution in [3.05, 3.63) is 35.6 Å². The lowest BCUT2D eigenvalue weighted by molar-refractivity contribution is -0.115. The van der Waals surface area contributed by atoms with Crippen LogP contribution in [-0.4, -0.2) is 28.2 Å². The third kappa shape index (κ3) is 3.68. The minimum atomic E-state index is -0.301. The molecule has 5 nitrogen and oxygen atoms in total. The summed E-state index contributed by atoms with van der Waals surface area (Å²) < 4.78 is 5.19. The number of thioether (sulfide) groups is 1. The molecule has 1 atom stereocenters. The zero-order valence-corrected chi connectivity index (χ0v) is 12.6. The molecule has 20 heavy (non-hydrogen) atoms. The van der Waals surface area contributed by atoms with Crippen LogP contribution in [-0.2, 0) is 4.79 Å². The Bertz CT molecular complexity index is 589. The van der Waals surface area contributed by atoms with Crippen LogP contribution in [0.15, 0.2) is 35.7 Å². The Balaban J connectivity index is 2.05. The highest BCUT2D eigenvalue weighted by Gasteiger charge is 2.17. The first kappa shape index (κ1) is 14.7. The number of carbonyl (C=O) groups is 1. The molecule has 7 heteroatoms. The van der Waals surface area contributed by atoms with E-state index in [0.717, 1.165) is 0 Å². The van der Waals surface area contributed by atoms with E-state index in [9.17, 15) is 4.79 Å². The Morgan fingerprint density at radius 3 is 3.00 bits per heavy atom. The molecule has 0 saturated carbocycles. The number of anilines is 1. The first-order valence-electron chi connectivity index (χ1n) is 5.90. The summed E-state index contributed by atoms with van der Waals surface area (Å²) in [7, 11) is 1.54. The molecule has 1 unspecified atom stereocenters. The molecule has 1 heterocycles. The highest BCUT2D eigenvalue weighted by Crippen LogP contribution is 2.29. The zero-order chi connectivity index (χ0) is 14.5. The van der Waals surface area contributed by atoms with Crippen LogP contribution in [0.3, 0.4) is 0 Å². The Kier molecular flexibility index (Phi) is 4.92. The largest absolute Gasteiger partial charge is 0.495 e. The van der Waals surface area contributed by atoms with Crippen molar-refractivity contribution in [2.24, 2.45) is 0 Å². The van der Waals surface area contributed by atoms with Crippen molar-refractivity contribution >= 4 is 35.0 Å².